The zero-order valence-corrected chi connectivity index (χ0v) is 14.5. The van der Waals surface area contributed by atoms with Gasteiger partial charge in [0.15, 0.2) is 0 Å². The van der Waals surface area contributed by atoms with E-state index in [2.05, 4.69) is 32.2 Å². The number of hydrogen-bond donors (Lipinski definition) is 1. The minimum atomic E-state index is -3.92. The minimum Gasteiger partial charge on any atom is -0.748 e. The van der Waals surface area contributed by atoms with Crippen molar-refractivity contribution in [2.24, 2.45) is 0 Å². The van der Waals surface area contributed by atoms with Crippen LogP contribution in [0.1, 0.15) is 65.2 Å². The average Bonchev–Trinajstić information content (AvgIpc) is 2.83. The lowest BCUT2D eigenvalue weighted by Crippen LogP contribution is -3.04. The predicted octanol–water partition coefficient (Wildman–Crippen LogP) is 2.60. The lowest BCUT2D eigenvalue weighted by Gasteiger charge is -2.12. The van der Waals surface area contributed by atoms with Gasteiger partial charge in [0.05, 0.1) is 22.9 Å². The van der Waals surface area contributed by atoms with Crippen LogP contribution in [0.2, 0.25) is 0 Å². The minimum absolute atomic E-state index is 0.604. The first-order valence-corrected chi connectivity index (χ1v) is 9.84. The molecule has 1 unspecified atom stereocenters. The molecule has 0 aromatic heterocycles. The standard InChI is InChI=1S/C15H27N.CH4O3S/c1-3-5-6-7-8-9-10-13-16-14-11-12-15(16)4-2;1-5(2,3)4/h11-12,14H,3-10,13H2,1-2H3;1H3,(H,2,3,4). The second-order valence-corrected chi connectivity index (χ2v) is 6.91. The van der Waals surface area contributed by atoms with E-state index in [9.17, 15) is 0 Å². The van der Waals surface area contributed by atoms with E-state index in [0.717, 1.165) is 0 Å². The molecule has 21 heavy (non-hydrogen) atoms. The molecule has 4 nitrogen and oxygen atoms in total. The predicted molar refractivity (Wildman–Crippen MR) is 87.0 cm³/mol. The molecule has 0 saturated carbocycles. The van der Waals surface area contributed by atoms with Gasteiger partial charge in [-0.3, -0.25) is 4.90 Å². The number of unbranched alkanes of at least 4 members (excludes halogenated alkanes) is 6. The van der Waals surface area contributed by atoms with Crippen LogP contribution in [0.4, 0.5) is 0 Å². The highest BCUT2D eigenvalue weighted by Gasteiger charge is 2.13. The number of allylic oxidation sites excluding steroid dienone is 3. The van der Waals surface area contributed by atoms with E-state index < -0.39 is 10.1 Å². The first-order chi connectivity index (χ1) is 9.88. The topological polar surface area (TPSA) is 61.6 Å². The Morgan fingerprint density at radius 2 is 1.57 bits per heavy atom. The number of rotatable bonds is 9. The maximum Gasteiger partial charge on any atom is 0.112 e. The van der Waals surface area contributed by atoms with Crippen LogP contribution in [-0.2, 0) is 10.1 Å². The lowest BCUT2D eigenvalue weighted by atomic mass is 10.1. The summed E-state index contributed by atoms with van der Waals surface area (Å²) in [5.74, 6) is 0. The van der Waals surface area contributed by atoms with Crippen LogP contribution in [0.3, 0.4) is 0 Å². The number of quaternary nitrogens is 1. The van der Waals surface area contributed by atoms with Gasteiger partial charge in [-0.05, 0) is 18.9 Å². The summed E-state index contributed by atoms with van der Waals surface area (Å²) in [6.07, 6.45) is 18.5. The first-order valence-electron chi connectivity index (χ1n) is 8.02. The summed E-state index contributed by atoms with van der Waals surface area (Å²) in [7, 11) is -3.92. The smallest absolute Gasteiger partial charge is 0.112 e. The molecule has 0 saturated heterocycles. The van der Waals surface area contributed by atoms with E-state index in [4.69, 9.17) is 13.0 Å². The molecule has 1 heterocycles. The first kappa shape index (κ1) is 20.3. The Hall–Kier alpha value is -0.650. The fourth-order valence-corrected chi connectivity index (χ4v) is 2.36. The van der Waals surface area contributed by atoms with Crippen molar-refractivity contribution in [3.8, 4) is 0 Å². The highest BCUT2D eigenvalue weighted by atomic mass is 32.2. The molecule has 0 amide bonds. The third kappa shape index (κ3) is 14.1. The normalized spacial score (nSPS) is 17.3. The molecule has 124 valence electrons. The second-order valence-electron chi connectivity index (χ2n) is 5.51. The van der Waals surface area contributed by atoms with Gasteiger partial charge in [0.25, 0.3) is 0 Å². The number of hydrogen-bond acceptors (Lipinski definition) is 3. The molecular weight excluding hydrogens is 286 g/mol. The number of nitrogens with one attached hydrogen (secondary N) is 1. The molecule has 1 aliphatic heterocycles. The van der Waals surface area contributed by atoms with E-state index in [1.807, 2.05) is 0 Å². The van der Waals surface area contributed by atoms with Crippen LogP contribution in [0.5, 0.6) is 0 Å². The van der Waals surface area contributed by atoms with Gasteiger partial charge in [-0.25, -0.2) is 8.42 Å². The maximum absolute atomic E-state index is 9.08. The molecule has 0 spiro atoms. The Morgan fingerprint density at radius 1 is 1.05 bits per heavy atom. The van der Waals surface area contributed by atoms with Gasteiger partial charge in [0.1, 0.15) is 5.70 Å². The van der Waals surface area contributed by atoms with E-state index in [0.29, 0.717) is 6.26 Å². The third-order valence-electron chi connectivity index (χ3n) is 3.44. The molecule has 0 radical (unpaired) electrons. The zero-order valence-electron chi connectivity index (χ0n) is 13.7. The van der Waals surface area contributed by atoms with Crippen molar-refractivity contribution in [1.82, 2.24) is 0 Å². The molecule has 1 atom stereocenters. The zero-order chi connectivity index (χ0) is 16.1. The van der Waals surface area contributed by atoms with Gasteiger partial charge in [-0.15, -0.1) is 0 Å². The van der Waals surface area contributed by atoms with E-state index in [1.165, 1.54) is 57.9 Å². The Kier molecular flexibility index (Phi) is 11.6. The highest BCUT2D eigenvalue weighted by molar-refractivity contribution is 7.84. The molecule has 1 N–H and O–H groups in total. The van der Waals surface area contributed by atoms with Crippen LogP contribution in [0.25, 0.3) is 0 Å². The third-order valence-corrected chi connectivity index (χ3v) is 3.44. The summed E-state index contributed by atoms with van der Waals surface area (Å²) in [5.41, 5.74) is 1.56. The lowest BCUT2D eigenvalue weighted by molar-refractivity contribution is -0.804. The summed E-state index contributed by atoms with van der Waals surface area (Å²) < 4.78 is 27.2. The van der Waals surface area contributed by atoms with Gasteiger partial charge in [-0.2, -0.15) is 0 Å². The highest BCUT2D eigenvalue weighted by Crippen LogP contribution is 2.06. The Bertz CT molecular complexity index is 405. The van der Waals surface area contributed by atoms with E-state index in [1.54, 1.807) is 10.6 Å². The van der Waals surface area contributed by atoms with Crippen LogP contribution in [0.15, 0.2) is 24.0 Å². The van der Waals surface area contributed by atoms with Gasteiger partial charge in [0, 0.05) is 18.8 Å². The van der Waals surface area contributed by atoms with Crippen molar-refractivity contribution in [3.05, 3.63) is 24.0 Å². The Morgan fingerprint density at radius 3 is 2.10 bits per heavy atom. The quantitative estimate of drug-likeness (QED) is 0.525. The van der Waals surface area contributed by atoms with Crippen LogP contribution < -0.4 is 4.90 Å². The van der Waals surface area contributed by atoms with Crippen LogP contribution in [-0.4, -0.2) is 25.8 Å². The van der Waals surface area contributed by atoms with Gasteiger partial charge in [-0.1, -0.05) is 46.0 Å². The molecule has 1 aliphatic rings. The molecule has 0 fully saturated rings. The maximum atomic E-state index is 9.08. The summed E-state index contributed by atoms with van der Waals surface area (Å²) in [6.45, 7) is 5.83. The second kappa shape index (κ2) is 12.0. The Labute approximate surface area is 130 Å². The van der Waals surface area contributed by atoms with Crippen molar-refractivity contribution >= 4 is 10.1 Å². The Balaban J connectivity index is 0.000000690. The van der Waals surface area contributed by atoms with Gasteiger partial charge >= 0.3 is 0 Å². The summed E-state index contributed by atoms with van der Waals surface area (Å²) >= 11 is 0. The monoisotopic (exact) mass is 317 g/mol. The fraction of sp³-hybridized carbons (Fsp3) is 0.750. The molecule has 0 aromatic carbocycles. The van der Waals surface area contributed by atoms with Crippen molar-refractivity contribution in [2.75, 3.05) is 12.8 Å². The molecule has 0 bridgehead atoms. The molecule has 5 heteroatoms. The van der Waals surface area contributed by atoms with E-state index >= 15 is 0 Å². The van der Waals surface area contributed by atoms with Crippen molar-refractivity contribution in [2.45, 2.75) is 65.2 Å². The summed E-state index contributed by atoms with van der Waals surface area (Å²) in [6, 6.07) is 0. The van der Waals surface area contributed by atoms with Crippen LogP contribution in [0, 0.1) is 0 Å². The molecule has 1 rings (SSSR count). The van der Waals surface area contributed by atoms with Gasteiger partial charge < -0.3 is 4.55 Å². The van der Waals surface area contributed by atoms with Crippen molar-refractivity contribution < 1.29 is 17.9 Å². The van der Waals surface area contributed by atoms with Crippen molar-refractivity contribution in [1.29, 1.82) is 0 Å². The molecule has 0 aliphatic carbocycles. The largest absolute Gasteiger partial charge is 0.748 e. The van der Waals surface area contributed by atoms with Gasteiger partial charge in [0.2, 0.25) is 0 Å². The van der Waals surface area contributed by atoms with E-state index in [-0.39, 0.29) is 0 Å². The molecular formula is C16H31NO3S. The summed E-state index contributed by atoms with van der Waals surface area (Å²) in [4.78, 5) is 1.59. The van der Waals surface area contributed by atoms with Crippen molar-refractivity contribution in [3.63, 3.8) is 0 Å². The SMILES string of the molecule is CCCCCCCCC[NH+]1C=CC=C1CC.CS(=O)(=O)[O-]. The van der Waals surface area contributed by atoms with Crippen LogP contribution >= 0.6 is 0 Å². The average molecular weight is 317 g/mol. The molecule has 0 aromatic rings. The summed E-state index contributed by atoms with van der Waals surface area (Å²) in [5, 5.41) is 0. The fourth-order valence-electron chi connectivity index (χ4n) is 2.36.